The monoisotopic (exact) mass is 260 g/mol. The zero-order valence-corrected chi connectivity index (χ0v) is 10.5. The number of benzene rings is 1. The highest BCUT2D eigenvalue weighted by atomic mass is 16.6. The average molecular weight is 260 g/mol. The van der Waals surface area contributed by atoms with E-state index in [-0.39, 0.29) is 23.3 Å². The Morgan fingerprint density at radius 1 is 1.32 bits per heavy atom. The van der Waals surface area contributed by atoms with Crippen LogP contribution in [0.15, 0.2) is 24.3 Å². The molecule has 1 aromatic heterocycles. The minimum absolute atomic E-state index is 0.0613. The summed E-state index contributed by atoms with van der Waals surface area (Å²) in [6.45, 7) is 3.46. The highest BCUT2D eigenvalue weighted by molar-refractivity contribution is 5.52. The Balaban J connectivity index is 2.45. The third-order valence-electron chi connectivity index (χ3n) is 2.44. The molecule has 19 heavy (non-hydrogen) atoms. The summed E-state index contributed by atoms with van der Waals surface area (Å²) in [7, 11) is 0. The molecule has 0 aliphatic rings. The number of rotatable bonds is 3. The summed E-state index contributed by atoms with van der Waals surface area (Å²) >= 11 is 0. The molecule has 0 spiro atoms. The number of hydrogen-bond acceptors (Lipinski definition) is 6. The SMILES string of the molecule is Cc1cc(Oc2c(C)cccc2[N+](=O)[O-])nc(N)n1. The zero-order valence-electron chi connectivity index (χ0n) is 10.5. The van der Waals surface area contributed by atoms with E-state index >= 15 is 0 Å². The van der Waals surface area contributed by atoms with Crippen molar-refractivity contribution < 1.29 is 9.66 Å². The van der Waals surface area contributed by atoms with E-state index in [4.69, 9.17) is 10.5 Å². The van der Waals surface area contributed by atoms with E-state index in [9.17, 15) is 10.1 Å². The Kier molecular flexibility index (Phi) is 3.28. The average Bonchev–Trinajstić information content (AvgIpc) is 2.30. The van der Waals surface area contributed by atoms with E-state index in [1.165, 1.54) is 6.07 Å². The van der Waals surface area contributed by atoms with Crippen LogP contribution >= 0.6 is 0 Å². The standard InChI is InChI=1S/C12H12N4O3/c1-7-4-3-5-9(16(17)18)11(7)19-10-6-8(2)14-12(13)15-10/h3-6H,1-2H3,(H2,13,14,15). The molecule has 0 amide bonds. The van der Waals surface area contributed by atoms with Gasteiger partial charge in [-0.05, 0) is 19.4 Å². The molecule has 0 fully saturated rings. The van der Waals surface area contributed by atoms with Gasteiger partial charge in [0.15, 0.2) is 0 Å². The first-order chi connectivity index (χ1) is 8.97. The molecule has 0 saturated heterocycles. The van der Waals surface area contributed by atoms with Crippen molar-refractivity contribution in [2.45, 2.75) is 13.8 Å². The van der Waals surface area contributed by atoms with E-state index in [1.807, 2.05) is 0 Å². The van der Waals surface area contributed by atoms with Crippen molar-refractivity contribution in [2.24, 2.45) is 0 Å². The number of ether oxygens (including phenoxy) is 1. The predicted octanol–water partition coefficient (Wildman–Crippen LogP) is 2.38. The summed E-state index contributed by atoms with van der Waals surface area (Å²) < 4.78 is 5.49. The summed E-state index contributed by atoms with van der Waals surface area (Å²) in [6.07, 6.45) is 0. The van der Waals surface area contributed by atoms with Crippen molar-refractivity contribution in [3.05, 3.63) is 45.6 Å². The van der Waals surface area contributed by atoms with E-state index in [0.29, 0.717) is 11.3 Å². The van der Waals surface area contributed by atoms with Gasteiger partial charge in [0, 0.05) is 17.8 Å². The molecule has 2 aromatic rings. The number of hydrogen-bond donors (Lipinski definition) is 1. The smallest absolute Gasteiger partial charge is 0.311 e. The van der Waals surface area contributed by atoms with Crippen LogP contribution in [0.3, 0.4) is 0 Å². The lowest BCUT2D eigenvalue weighted by molar-refractivity contribution is -0.385. The van der Waals surface area contributed by atoms with Crippen LogP contribution in [0.25, 0.3) is 0 Å². The second-order valence-electron chi connectivity index (χ2n) is 3.99. The first-order valence-corrected chi connectivity index (χ1v) is 5.50. The molecule has 1 aromatic carbocycles. The molecule has 0 radical (unpaired) electrons. The maximum Gasteiger partial charge on any atom is 0.311 e. The van der Waals surface area contributed by atoms with Crippen LogP contribution in [0.2, 0.25) is 0 Å². The molecule has 2 rings (SSSR count). The maximum absolute atomic E-state index is 11.0. The Hall–Kier alpha value is -2.70. The van der Waals surface area contributed by atoms with Crippen LogP contribution in [0, 0.1) is 24.0 Å². The number of nitrogen functional groups attached to an aromatic ring is 1. The first kappa shape index (κ1) is 12.7. The molecule has 2 N–H and O–H groups in total. The molecule has 0 saturated carbocycles. The predicted molar refractivity (Wildman–Crippen MR) is 69.1 cm³/mol. The van der Waals surface area contributed by atoms with E-state index in [0.717, 1.165) is 0 Å². The van der Waals surface area contributed by atoms with Gasteiger partial charge in [0.25, 0.3) is 0 Å². The number of nitro benzene ring substituents is 1. The molecule has 98 valence electrons. The van der Waals surface area contributed by atoms with Gasteiger partial charge in [0.05, 0.1) is 4.92 Å². The van der Waals surface area contributed by atoms with Crippen molar-refractivity contribution in [3.63, 3.8) is 0 Å². The van der Waals surface area contributed by atoms with Crippen LogP contribution in [-0.2, 0) is 0 Å². The van der Waals surface area contributed by atoms with Crippen LogP contribution in [0.5, 0.6) is 11.6 Å². The van der Waals surface area contributed by atoms with Gasteiger partial charge in [-0.25, -0.2) is 4.98 Å². The molecule has 7 heteroatoms. The van der Waals surface area contributed by atoms with Crippen LogP contribution in [0.1, 0.15) is 11.3 Å². The normalized spacial score (nSPS) is 10.2. The van der Waals surface area contributed by atoms with E-state index in [2.05, 4.69) is 9.97 Å². The number of nitrogens with zero attached hydrogens (tertiary/aromatic N) is 3. The Morgan fingerprint density at radius 3 is 2.68 bits per heavy atom. The number of aromatic nitrogens is 2. The molecule has 1 heterocycles. The summed E-state index contributed by atoms with van der Waals surface area (Å²) in [5, 5.41) is 11.0. The topological polar surface area (TPSA) is 104 Å². The Morgan fingerprint density at radius 2 is 2.05 bits per heavy atom. The summed E-state index contributed by atoms with van der Waals surface area (Å²) in [6, 6.07) is 6.26. The molecular weight excluding hydrogens is 248 g/mol. The molecule has 0 unspecified atom stereocenters. The molecule has 0 aliphatic heterocycles. The highest BCUT2D eigenvalue weighted by Crippen LogP contribution is 2.33. The van der Waals surface area contributed by atoms with Crippen molar-refractivity contribution in [2.75, 3.05) is 5.73 Å². The van der Waals surface area contributed by atoms with Gasteiger partial charge in [0.1, 0.15) is 0 Å². The van der Waals surface area contributed by atoms with Crippen molar-refractivity contribution in [3.8, 4) is 11.6 Å². The van der Waals surface area contributed by atoms with Crippen molar-refractivity contribution >= 4 is 11.6 Å². The fraction of sp³-hybridized carbons (Fsp3) is 0.167. The lowest BCUT2D eigenvalue weighted by Gasteiger charge is -2.08. The third kappa shape index (κ3) is 2.76. The number of aryl methyl sites for hydroxylation is 2. The lowest BCUT2D eigenvalue weighted by Crippen LogP contribution is -2.01. The quantitative estimate of drug-likeness (QED) is 0.671. The summed E-state index contributed by atoms with van der Waals surface area (Å²) in [5.74, 6) is 0.402. The Labute approximate surface area is 109 Å². The molecular formula is C12H12N4O3. The first-order valence-electron chi connectivity index (χ1n) is 5.50. The summed E-state index contributed by atoms with van der Waals surface area (Å²) in [5.41, 5.74) is 6.66. The van der Waals surface area contributed by atoms with Gasteiger partial charge in [-0.15, -0.1) is 0 Å². The lowest BCUT2D eigenvalue weighted by atomic mass is 10.2. The van der Waals surface area contributed by atoms with Crippen LogP contribution in [-0.4, -0.2) is 14.9 Å². The number of nitrogens with two attached hydrogens (primary N) is 1. The zero-order chi connectivity index (χ0) is 14.0. The van der Waals surface area contributed by atoms with Crippen molar-refractivity contribution in [1.82, 2.24) is 9.97 Å². The minimum Gasteiger partial charge on any atom is -0.431 e. The van der Waals surface area contributed by atoms with Gasteiger partial charge in [-0.1, -0.05) is 12.1 Å². The number of para-hydroxylation sites is 1. The second-order valence-corrected chi connectivity index (χ2v) is 3.99. The van der Waals surface area contributed by atoms with Gasteiger partial charge >= 0.3 is 5.69 Å². The summed E-state index contributed by atoms with van der Waals surface area (Å²) in [4.78, 5) is 18.3. The fourth-order valence-electron chi connectivity index (χ4n) is 1.63. The van der Waals surface area contributed by atoms with Crippen LogP contribution in [0.4, 0.5) is 11.6 Å². The minimum atomic E-state index is -0.500. The fourth-order valence-corrected chi connectivity index (χ4v) is 1.63. The van der Waals surface area contributed by atoms with E-state index in [1.54, 1.807) is 32.0 Å². The van der Waals surface area contributed by atoms with Crippen molar-refractivity contribution in [1.29, 1.82) is 0 Å². The largest absolute Gasteiger partial charge is 0.431 e. The van der Waals surface area contributed by atoms with Gasteiger partial charge < -0.3 is 10.5 Å². The third-order valence-corrected chi connectivity index (χ3v) is 2.44. The van der Waals surface area contributed by atoms with E-state index < -0.39 is 4.92 Å². The number of anilines is 1. The number of nitro groups is 1. The Bertz CT molecular complexity index is 623. The maximum atomic E-state index is 11.0. The van der Waals surface area contributed by atoms with Gasteiger partial charge in [-0.2, -0.15) is 4.98 Å². The van der Waals surface area contributed by atoms with Gasteiger partial charge in [0.2, 0.25) is 17.6 Å². The molecule has 0 bridgehead atoms. The molecule has 0 atom stereocenters. The molecule has 7 nitrogen and oxygen atoms in total. The second kappa shape index (κ2) is 4.89. The van der Waals surface area contributed by atoms with Crippen LogP contribution < -0.4 is 10.5 Å². The molecule has 0 aliphatic carbocycles. The highest BCUT2D eigenvalue weighted by Gasteiger charge is 2.18. The van der Waals surface area contributed by atoms with Gasteiger partial charge in [-0.3, -0.25) is 10.1 Å².